The number of amides is 2. The van der Waals surface area contributed by atoms with Gasteiger partial charge in [0.05, 0.1) is 12.2 Å². The highest BCUT2D eigenvalue weighted by Crippen LogP contribution is 2.46. The van der Waals surface area contributed by atoms with Gasteiger partial charge >= 0.3 is 0 Å². The molecule has 2 aromatic rings. The van der Waals surface area contributed by atoms with E-state index in [0.29, 0.717) is 19.5 Å². The molecule has 130 valence electrons. The number of fused-ring (bicyclic) bond motifs is 1. The monoisotopic (exact) mass is 339 g/mol. The molecule has 1 aromatic heterocycles. The summed E-state index contributed by atoms with van der Waals surface area (Å²) in [4.78, 5) is 28.9. The number of hydrogen-bond donors (Lipinski definition) is 0. The molecule has 0 bridgehead atoms. The Morgan fingerprint density at radius 2 is 2.04 bits per heavy atom. The topological polar surface area (TPSA) is 66.7 Å². The molecule has 3 heterocycles. The first-order chi connectivity index (χ1) is 12.1. The zero-order chi connectivity index (χ0) is 17.4. The maximum atomic E-state index is 12.9. The Morgan fingerprint density at radius 3 is 2.76 bits per heavy atom. The fraction of sp³-hybridized carbons (Fsp3) is 0.421. The van der Waals surface area contributed by atoms with Crippen LogP contribution in [0, 0.1) is 0 Å². The number of benzene rings is 1. The molecule has 2 saturated heterocycles. The van der Waals surface area contributed by atoms with Gasteiger partial charge < -0.3 is 14.3 Å². The summed E-state index contributed by atoms with van der Waals surface area (Å²) in [5.41, 5.74) is 1.01. The van der Waals surface area contributed by atoms with Crippen LogP contribution in [-0.2, 0) is 10.2 Å². The van der Waals surface area contributed by atoms with Gasteiger partial charge in [-0.2, -0.15) is 0 Å². The largest absolute Gasteiger partial charge is 0.351 e. The van der Waals surface area contributed by atoms with Crippen LogP contribution >= 0.6 is 0 Å². The number of likely N-dealkylation sites (N-methyl/N-ethyl adjacent to an activating group) is 1. The molecule has 0 aliphatic carbocycles. The van der Waals surface area contributed by atoms with Gasteiger partial charge in [-0.05, 0) is 18.4 Å². The number of hydrogen-bond acceptors (Lipinski definition) is 4. The SMILES string of the molecule is CN1C[C@H]2N(C(=O)c3ccno3)CC[C@@]2(c2ccccc2)CCC1=O. The van der Waals surface area contributed by atoms with E-state index >= 15 is 0 Å². The lowest BCUT2D eigenvalue weighted by molar-refractivity contribution is -0.129. The number of likely N-dealkylation sites (tertiary alicyclic amines) is 2. The predicted octanol–water partition coefficient (Wildman–Crippen LogP) is 2.08. The Kier molecular flexibility index (Phi) is 3.82. The molecule has 0 spiro atoms. The minimum Gasteiger partial charge on any atom is -0.351 e. The maximum absolute atomic E-state index is 12.9. The summed E-state index contributed by atoms with van der Waals surface area (Å²) < 4.78 is 5.08. The molecule has 0 N–H and O–H groups in total. The number of carbonyl (C=O) groups excluding carboxylic acids is 2. The molecule has 4 rings (SSSR count). The summed E-state index contributed by atoms with van der Waals surface area (Å²) in [5, 5.41) is 3.65. The van der Waals surface area contributed by atoms with Crippen molar-refractivity contribution in [2.45, 2.75) is 30.7 Å². The van der Waals surface area contributed by atoms with E-state index in [1.54, 1.807) is 11.0 Å². The first kappa shape index (κ1) is 15.9. The number of carbonyl (C=O) groups is 2. The fourth-order valence-electron chi connectivity index (χ4n) is 4.35. The molecule has 0 radical (unpaired) electrons. The van der Waals surface area contributed by atoms with Crippen molar-refractivity contribution in [2.24, 2.45) is 0 Å². The van der Waals surface area contributed by atoms with Crippen molar-refractivity contribution < 1.29 is 14.1 Å². The van der Waals surface area contributed by atoms with Crippen molar-refractivity contribution in [3.63, 3.8) is 0 Å². The van der Waals surface area contributed by atoms with Gasteiger partial charge in [-0.25, -0.2) is 0 Å². The summed E-state index contributed by atoms with van der Waals surface area (Å²) in [6.07, 6.45) is 3.59. The molecular formula is C19H21N3O3. The van der Waals surface area contributed by atoms with Gasteiger partial charge in [0.1, 0.15) is 0 Å². The van der Waals surface area contributed by atoms with E-state index in [4.69, 9.17) is 4.52 Å². The van der Waals surface area contributed by atoms with Crippen LogP contribution in [0.25, 0.3) is 0 Å². The highest BCUT2D eigenvalue weighted by Gasteiger charge is 2.52. The van der Waals surface area contributed by atoms with Crippen LogP contribution in [0.2, 0.25) is 0 Å². The highest BCUT2D eigenvalue weighted by atomic mass is 16.5. The van der Waals surface area contributed by atoms with Gasteiger partial charge in [0.25, 0.3) is 5.91 Å². The Hall–Kier alpha value is -2.63. The summed E-state index contributed by atoms with van der Waals surface area (Å²) in [7, 11) is 1.82. The molecule has 2 atom stereocenters. The van der Waals surface area contributed by atoms with Crippen LogP contribution in [0.5, 0.6) is 0 Å². The first-order valence-electron chi connectivity index (χ1n) is 8.63. The standard InChI is InChI=1S/C19H21N3O3/c1-21-13-16-19(9-7-17(21)23,14-5-3-2-4-6-14)10-12-22(16)18(24)15-8-11-20-25-15/h2-6,8,11,16H,7,9-10,12-13H2,1H3/t16-,19-/m1/s1. The summed E-state index contributed by atoms with van der Waals surface area (Å²) >= 11 is 0. The van der Waals surface area contributed by atoms with E-state index in [2.05, 4.69) is 17.3 Å². The van der Waals surface area contributed by atoms with Gasteiger partial charge in [0.2, 0.25) is 11.7 Å². The molecule has 2 amide bonds. The van der Waals surface area contributed by atoms with Crippen molar-refractivity contribution >= 4 is 11.8 Å². The van der Waals surface area contributed by atoms with E-state index in [0.717, 1.165) is 12.8 Å². The molecule has 25 heavy (non-hydrogen) atoms. The van der Waals surface area contributed by atoms with Gasteiger partial charge in [-0.1, -0.05) is 35.5 Å². The molecule has 6 heteroatoms. The van der Waals surface area contributed by atoms with Gasteiger partial charge in [-0.15, -0.1) is 0 Å². The molecule has 0 unspecified atom stereocenters. The molecule has 2 aliphatic heterocycles. The molecule has 2 aliphatic rings. The van der Waals surface area contributed by atoms with Crippen molar-refractivity contribution in [1.82, 2.24) is 15.0 Å². The van der Waals surface area contributed by atoms with Crippen LogP contribution < -0.4 is 0 Å². The Labute approximate surface area is 146 Å². The summed E-state index contributed by atoms with van der Waals surface area (Å²) in [5.74, 6) is 0.238. The van der Waals surface area contributed by atoms with Crippen LogP contribution in [0.4, 0.5) is 0 Å². The molecule has 2 fully saturated rings. The minimum atomic E-state index is -0.197. The molecule has 0 saturated carbocycles. The quantitative estimate of drug-likeness (QED) is 0.840. The van der Waals surface area contributed by atoms with Crippen molar-refractivity contribution in [1.29, 1.82) is 0 Å². The Balaban J connectivity index is 1.76. The normalized spacial score (nSPS) is 26.4. The second kappa shape index (κ2) is 6.02. The summed E-state index contributed by atoms with van der Waals surface area (Å²) in [6.45, 7) is 1.19. The van der Waals surface area contributed by atoms with E-state index < -0.39 is 0 Å². The smallest absolute Gasteiger partial charge is 0.292 e. The lowest BCUT2D eigenvalue weighted by atomic mass is 9.71. The third-order valence-corrected chi connectivity index (χ3v) is 5.73. The predicted molar refractivity (Wildman–Crippen MR) is 90.9 cm³/mol. The van der Waals surface area contributed by atoms with Crippen LogP contribution in [0.15, 0.2) is 47.1 Å². The second-order valence-corrected chi connectivity index (χ2v) is 6.94. The Morgan fingerprint density at radius 1 is 1.24 bits per heavy atom. The minimum absolute atomic E-state index is 0.0658. The van der Waals surface area contributed by atoms with Crippen molar-refractivity contribution in [2.75, 3.05) is 20.1 Å². The third-order valence-electron chi connectivity index (χ3n) is 5.73. The molecule has 1 aromatic carbocycles. The molecule has 6 nitrogen and oxygen atoms in total. The number of nitrogens with zero attached hydrogens (tertiary/aromatic N) is 3. The van der Waals surface area contributed by atoms with Crippen molar-refractivity contribution in [3.05, 3.63) is 53.9 Å². The van der Waals surface area contributed by atoms with E-state index in [1.807, 2.05) is 30.1 Å². The first-order valence-corrected chi connectivity index (χ1v) is 8.63. The van der Waals surface area contributed by atoms with E-state index in [1.165, 1.54) is 11.8 Å². The van der Waals surface area contributed by atoms with Gasteiger partial charge in [0.15, 0.2) is 0 Å². The van der Waals surface area contributed by atoms with Crippen LogP contribution in [0.3, 0.4) is 0 Å². The lowest BCUT2D eigenvalue weighted by Gasteiger charge is -2.37. The van der Waals surface area contributed by atoms with E-state index in [9.17, 15) is 9.59 Å². The van der Waals surface area contributed by atoms with Gasteiger partial charge in [0, 0.05) is 38.0 Å². The van der Waals surface area contributed by atoms with Gasteiger partial charge in [-0.3, -0.25) is 9.59 Å². The van der Waals surface area contributed by atoms with E-state index in [-0.39, 0.29) is 29.0 Å². The Bertz CT molecular complexity index is 774. The van der Waals surface area contributed by atoms with Crippen LogP contribution in [-0.4, -0.2) is 52.9 Å². The highest BCUT2D eigenvalue weighted by molar-refractivity contribution is 5.92. The maximum Gasteiger partial charge on any atom is 0.292 e. The second-order valence-electron chi connectivity index (χ2n) is 6.94. The zero-order valence-electron chi connectivity index (χ0n) is 14.2. The summed E-state index contributed by atoms with van der Waals surface area (Å²) in [6, 6.07) is 11.8. The van der Waals surface area contributed by atoms with Crippen molar-refractivity contribution in [3.8, 4) is 0 Å². The number of aromatic nitrogens is 1. The molecular weight excluding hydrogens is 318 g/mol. The fourth-order valence-corrected chi connectivity index (χ4v) is 4.35. The average molecular weight is 339 g/mol. The average Bonchev–Trinajstić information content (AvgIpc) is 3.27. The third kappa shape index (κ3) is 2.52. The lowest BCUT2D eigenvalue weighted by Crippen LogP contribution is -2.49. The van der Waals surface area contributed by atoms with Crippen LogP contribution in [0.1, 0.15) is 35.4 Å². The zero-order valence-corrected chi connectivity index (χ0v) is 14.2. The number of rotatable bonds is 2.